The maximum Gasteiger partial charge on any atom is 0.279 e. The Morgan fingerprint density at radius 2 is 1.79 bits per heavy atom. The molecule has 0 fully saturated rings. The Kier molecular flexibility index (Phi) is 6.00. The molecule has 5 nitrogen and oxygen atoms in total. The summed E-state index contributed by atoms with van der Waals surface area (Å²) in [6, 6.07) is 10.1. The van der Waals surface area contributed by atoms with Crippen LogP contribution in [-0.4, -0.2) is 17.9 Å². The third kappa shape index (κ3) is 4.37. The van der Waals surface area contributed by atoms with Gasteiger partial charge in [-0.25, -0.2) is 4.39 Å². The average molecular weight is 371 g/mol. The molecule has 0 aliphatic heterocycles. The summed E-state index contributed by atoms with van der Waals surface area (Å²) in [5, 5.41) is 0.462. The monoisotopic (exact) mass is 370 g/mol. The van der Waals surface area contributed by atoms with Crippen molar-refractivity contribution in [2.45, 2.75) is 13.0 Å². The number of rotatable bonds is 4. The van der Waals surface area contributed by atoms with Gasteiger partial charge in [-0.3, -0.25) is 20.4 Å². The fourth-order valence-corrected chi connectivity index (χ4v) is 2.09. The van der Waals surface area contributed by atoms with E-state index in [9.17, 15) is 14.0 Å². The van der Waals surface area contributed by atoms with E-state index in [1.54, 1.807) is 18.2 Å². The van der Waals surface area contributed by atoms with Gasteiger partial charge in [-0.2, -0.15) is 0 Å². The van der Waals surface area contributed by atoms with Crippen LogP contribution in [0, 0.1) is 5.82 Å². The van der Waals surface area contributed by atoms with Crippen molar-refractivity contribution in [1.82, 2.24) is 10.9 Å². The number of carbonyl (C=O) groups excluding carboxylic acids is 2. The van der Waals surface area contributed by atoms with Gasteiger partial charge in [0.05, 0.1) is 10.6 Å². The predicted octanol–water partition coefficient (Wildman–Crippen LogP) is 3.36. The number of nitrogens with one attached hydrogen (secondary N) is 2. The molecule has 0 aliphatic carbocycles. The molecule has 0 saturated heterocycles. The number of hydrogen-bond acceptors (Lipinski definition) is 3. The molecule has 24 heavy (non-hydrogen) atoms. The highest BCUT2D eigenvalue weighted by Crippen LogP contribution is 2.32. The molecule has 0 bridgehead atoms. The largest absolute Gasteiger partial charge is 0.479 e. The summed E-state index contributed by atoms with van der Waals surface area (Å²) >= 11 is 11.8. The van der Waals surface area contributed by atoms with Crippen molar-refractivity contribution in [3.05, 3.63) is 63.9 Å². The summed E-state index contributed by atoms with van der Waals surface area (Å²) in [6.45, 7) is 1.46. The molecule has 2 aromatic carbocycles. The molecule has 2 N–H and O–H groups in total. The van der Waals surface area contributed by atoms with E-state index in [0.29, 0.717) is 0 Å². The SMILES string of the molecule is CC(Oc1cccc(Cl)c1Cl)C(=O)NNC(=O)c1ccccc1F. The van der Waals surface area contributed by atoms with Gasteiger partial charge in [-0.1, -0.05) is 41.4 Å². The van der Waals surface area contributed by atoms with Crippen molar-refractivity contribution in [3.63, 3.8) is 0 Å². The smallest absolute Gasteiger partial charge is 0.279 e. The van der Waals surface area contributed by atoms with Crippen LogP contribution < -0.4 is 15.6 Å². The lowest BCUT2D eigenvalue weighted by Gasteiger charge is -2.16. The minimum atomic E-state index is -0.970. The standard InChI is InChI=1S/C16H13Cl2FN2O3/c1-9(24-13-8-4-6-11(17)14(13)18)15(22)20-21-16(23)10-5-2-3-7-12(10)19/h2-9H,1H3,(H,20,22)(H,21,23). The molecular formula is C16H13Cl2FN2O3. The molecule has 126 valence electrons. The molecule has 0 spiro atoms. The Bertz CT molecular complexity index is 771. The van der Waals surface area contributed by atoms with Crippen LogP contribution in [0.5, 0.6) is 5.75 Å². The minimum absolute atomic E-state index is 0.175. The number of amides is 2. The lowest BCUT2D eigenvalue weighted by molar-refractivity contribution is -0.128. The first kappa shape index (κ1) is 18.0. The van der Waals surface area contributed by atoms with Gasteiger partial charge in [0, 0.05) is 0 Å². The zero-order valence-electron chi connectivity index (χ0n) is 12.5. The molecule has 0 aromatic heterocycles. The quantitative estimate of drug-likeness (QED) is 0.810. The maximum absolute atomic E-state index is 13.5. The number of hydrazine groups is 1. The van der Waals surface area contributed by atoms with E-state index in [0.717, 1.165) is 6.07 Å². The van der Waals surface area contributed by atoms with Gasteiger partial charge in [0.2, 0.25) is 0 Å². The van der Waals surface area contributed by atoms with Crippen LogP contribution in [0.15, 0.2) is 42.5 Å². The first-order valence-corrected chi connectivity index (χ1v) is 7.61. The van der Waals surface area contributed by atoms with Gasteiger partial charge < -0.3 is 4.74 Å². The van der Waals surface area contributed by atoms with Crippen LogP contribution in [-0.2, 0) is 4.79 Å². The summed E-state index contributed by atoms with van der Waals surface area (Å²) in [7, 11) is 0. The summed E-state index contributed by atoms with van der Waals surface area (Å²) in [5.41, 5.74) is 4.08. The van der Waals surface area contributed by atoms with Gasteiger partial charge in [-0.05, 0) is 31.2 Å². The summed E-state index contributed by atoms with van der Waals surface area (Å²) in [5.74, 6) is -1.89. The second-order valence-electron chi connectivity index (χ2n) is 4.74. The fraction of sp³-hybridized carbons (Fsp3) is 0.125. The van der Waals surface area contributed by atoms with Crippen molar-refractivity contribution < 1.29 is 18.7 Å². The van der Waals surface area contributed by atoms with E-state index in [2.05, 4.69) is 10.9 Å². The highest BCUT2D eigenvalue weighted by molar-refractivity contribution is 6.42. The average Bonchev–Trinajstić information content (AvgIpc) is 2.56. The molecule has 0 saturated carbocycles. The molecule has 2 rings (SSSR count). The normalized spacial score (nSPS) is 11.5. The third-order valence-corrected chi connectivity index (χ3v) is 3.81. The molecule has 0 radical (unpaired) electrons. The maximum atomic E-state index is 13.5. The molecule has 1 atom stereocenters. The molecule has 1 unspecified atom stereocenters. The van der Waals surface area contributed by atoms with Crippen molar-refractivity contribution in [3.8, 4) is 5.75 Å². The lowest BCUT2D eigenvalue weighted by Crippen LogP contribution is -2.47. The van der Waals surface area contributed by atoms with Gasteiger partial charge in [0.1, 0.15) is 16.6 Å². The highest BCUT2D eigenvalue weighted by atomic mass is 35.5. The Morgan fingerprint density at radius 1 is 1.08 bits per heavy atom. The third-order valence-electron chi connectivity index (χ3n) is 3.01. The van der Waals surface area contributed by atoms with Crippen LogP contribution in [0.25, 0.3) is 0 Å². The van der Waals surface area contributed by atoms with E-state index < -0.39 is 23.7 Å². The topological polar surface area (TPSA) is 67.4 Å². The van der Waals surface area contributed by atoms with Crippen molar-refractivity contribution in [2.24, 2.45) is 0 Å². The Balaban J connectivity index is 1.93. The van der Waals surface area contributed by atoms with E-state index in [1.807, 2.05) is 0 Å². The Labute approximate surface area is 147 Å². The fourth-order valence-electron chi connectivity index (χ4n) is 1.75. The van der Waals surface area contributed by atoms with Crippen LogP contribution in [0.2, 0.25) is 10.0 Å². The minimum Gasteiger partial charge on any atom is -0.479 e. The number of halogens is 3. The number of carbonyl (C=O) groups is 2. The molecule has 2 aromatic rings. The van der Waals surface area contributed by atoms with E-state index in [-0.39, 0.29) is 21.4 Å². The van der Waals surface area contributed by atoms with Crippen LogP contribution >= 0.6 is 23.2 Å². The zero-order valence-corrected chi connectivity index (χ0v) is 14.0. The molecule has 2 amide bonds. The molecule has 0 aliphatic rings. The van der Waals surface area contributed by atoms with Crippen molar-refractivity contribution in [1.29, 1.82) is 0 Å². The summed E-state index contributed by atoms with van der Waals surface area (Å²) < 4.78 is 18.9. The highest BCUT2D eigenvalue weighted by Gasteiger charge is 2.18. The van der Waals surface area contributed by atoms with Gasteiger partial charge in [0.15, 0.2) is 6.10 Å². The van der Waals surface area contributed by atoms with Crippen molar-refractivity contribution in [2.75, 3.05) is 0 Å². The van der Waals surface area contributed by atoms with E-state index in [1.165, 1.54) is 25.1 Å². The number of ether oxygens (including phenoxy) is 1. The van der Waals surface area contributed by atoms with Crippen LogP contribution in [0.3, 0.4) is 0 Å². The molecular weight excluding hydrogens is 358 g/mol. The van der Waals surface area contributed by atoms with Crippen LogP contribution in [0.4, 0.5) is 4.39 Å². The summed E-state index contributed by atoms with van der Waals surface area (Å²) in [6.07, 6.45) is -0.970. The van der Waals surface area contributed by atoms with Gasteiger partial charge in [-0.15, -0.1) is 0 Å². The number of hydrogen-bond donors (Lipinski definition) is 2. The van der Waals surface area contributed by atoms with E-state index in [4.69, 9.17) is 27.9 Å². The zero-order chi connectivity index (χ0) is 17.7. The Morgan fingerprint density at radius 3 is 2.50 bits per heavy atom. The first-order chi connectivity index (χ1) is 11.4. The lowest BCUT2D eigenvalue weighted by atomic mass is 10.2. The molecule has 0 heterocycles. The van der Waals surface area contributed by atoms with E-state index >= 15 is 0 Å². The number of benzene rings is 2. The molecule has 8 heteroatoms. The van der Waals surface area contributed by atoms with Gasteiger partial charge in [0.25, 0.3) is 11.8 Å². The van der Waals surface area contributed by atoms with Gasteiger partial charge >= 0.3 is 0 Å². The first-order valence-electron chi connectivity index (χ1n) is 6.85. The van der Waals surface area contributed by atoms with Crippen molar-refractivity contribution >= 4 is 35.0 Å². The van der Waals surface area contributed by atoms with Crippen LogP contribution in [0.1, 0.15) is 17.3 Å². The Hall–Kier alpha value is -2.31. The second kappa shape index (κ2) is 7.99. The second-order valence-corrected chi connectivity index (χ2v) is 5.52. The summed E-state index contributed by atoms with van der Waals surface area (Å²) in [4.78, 5) is 23.7. The predicted molar refractivity (Wildman–Crippen MR) is 88.6 cm³/mol.